The zero-order valence-corrected chi connectivity index (χ0v) is 19.1. The second-order valence-electron chi connectivity index (χ2n) is 8.22. The van der Waals surface area contributed by atoms with Gasteiger partial charge in [-0.15, -0.1) is 12.4 Å². The lowest BCUT2D eigenvalue weighted by atomic mass is 9.96. The zero-order chi connectivity index (χ0) is 21.8. The fourth-order valence-electron chi connectivity index (χ4n) is 4.43. The Morgan fingerprint density at radius 2 is 1.36 bits per heavy atom. The third kappa shape index (κ3) is 5.50. The molecule has 0 spiro atoms. The molecule has 1 saturated heterocycles. The number of hydrogen-bond donors (Lipinski definition) is 0. The van der Waals surface area contributed by atoms with Gasteiger partial charge in [0.15, 0.2) is 5.76 Å². The molecule has 4 aromatic rings. The molecule has 1 aromatic heterocycles. The molecule has 5 rings (SSSR count). The summed E-state index contributed by atoms with van der Waals surface area (Å²) in [6.45, 7) is 4.61. The summed E-state index contributed by atoms with van der Waals surface area (Å²) in [5.74, 6) is 0.583. The van der Waals surface area contributed by atoms with Crippen molar-refractivity contribution in [3.05, 3.63) is 114 Å². The summed E-state index contributed by atoms with van der Waals surface area (Å²) in [4.78, 5) is 4.96. The van der Waals surface area contributed by atoms with Gasteiger partial charge in [0.05, 0.1) is 12.6 Å². The van der Waals surface area contributed by atoms with E-state index in [-0.39, 0.29) is 24.3 Å². The highest BCUT2D eigenvalue weighted by Crippen LogP contribution is 2.30. The molecule has 1 fully saturated rings. The standard InChI is InChI=1S/C27H26FN3O.ClH/c28-24-13-11-21(12-14-24)26-19-25(32-29-26)20-30-15-17-31(18-16-30)27(22-7-3-1-4-8-22)23-9-5-2-6-10-23;/h1-14,19,27H,15-18,20H2;1H. The quantitative estimate of drug-likeness (QED) is 0.361. The van der Waals surface area contributed by atoms with Crippen molar-refractivity contribution in [2.75, 3.05) is 26.2 Å². The molecule has 4 nitrogen and oxygen atoms in total. The van der Waals surface area contributed by atoms with Crippen LogP contribution in [0, 0.1) is 5.82 Å². The molecule has 0 amide bonds. The van der Waals surface area contributed by atoms with E-state index >= 15 is 0 Å². The topological polar surface area (TPSA) is 32.5 Å². The minimum absolute atomic E-state index is 0. The van der Waals surface area contributed by atoms with Gasteiger partial charge in [0, 0.05) is 37.8 Å². The molecule has 0 aliphatic carbocycles. The van der Waals surface area contributed by atoms with Gasteiger partial charge in [-0.3, -0.25) is 9.80 Å². The Hall–Kier alpha value is -2.99. The second kappa shape index (κ2) is 10.8. The third-order valence-corrected chi connectivity index (χ3v) is 6.08. The molecule has 0 bridgehead atoms. The van der Waals surface area contributed by atoms with E-state index in [0.717, 1.165) is 49.7 Å². The Balaban J connectivity index is 0.00000259. The van der Waals surface area contributed by atoms with Crippen molar-refractivity contribution < 1.29 is 8.91 Å². The summed E-state index contributed by atoms with van der Waals surface area (Å²) < 4.78 is 18.7. The first-order valence-electron chi connectivity index (χ1n) is 11.0. The lowest BCUT2D eigenvalue weighted by Crippen LogP contribution is -2.47. The summed E-state index contributed by atoms with van der Waals surface area (Å²) in [6, 6.07) is 30.0. The van der Waals surface area contributed by atoms with Crippen molar-refractivity contribution in [1.29, 1.82) is 0 Å². The van der Waals surface area contributed by atoms with Crippen molar-refractivity contribution in [3.63, 3.8) is 0 Å². The van der Waals surface area contributed by atoms with Gasteiger partial charge >= 0.3 is 0 Å². The number of aromatic nitrogens is 1. The van der Waals surface area contributed by atoms with Crippen LogP contribution < -0.4 is 0 Å². The summed E-state index contributed by atoms with van der Waals surface area (Å²) in [5.41, 5.74) is 4.25. The molecule has 0 N–H and O–H groups in total. The Labute approximate surface area is 200 Å². The smallest absolute Gasteiger partial charge is 0.151 e. The van der Waals surface area contributed by atoms with Gasteiger partial charge in [-0.25, -0.2) is 4.39 Å². The number of nitrogens with zero attached hydrogens (tertiary/aromatic N) is 3. The lowest BCUT2D eigenvalue weighted by Gasteiger charge is -2.39. The average molecular weight is 464 g/mol. The van der Waals surface area contributed by atoms with E-state index in [9.17, 15) is 4.39 Å². The van der Waals surface area contributed by atoms with E-state index in [0.29, 0.717) is 0 Å². The van der Waals surface area contributed by atoms with Crippen LogP contribution in [-0.2, 0) is 6.54 Å². The third-order valence-electron chi connectivity index (χ3n) is 6.08. The van der Waals surface area contributed by atoms with Crippen LogP contribution in [0.1, 0.15) is 22.9 Å². The molecule has 1 aliphatic rings. The molecule has 0 atom stereocenters. The summed E-state index contributed by atoms with van der Waals surface area (Å²) in [7, 11) is 0. The molecule has 33 heavy (non-hydrogen) atoms. The first-order chi connectivity index (χ1) is 15.8. The highest BCUT2D eigenvalue weighted by Gasteiger charge is 2.26. The van der Waals surface area contributed by atoms with E-state index in [1.54, 1.807) is 12.1 Å². The Bertz CT molecular complexity index is 1090. The van der Waals surface area contributed by atoms with Gasteiger partial charge in [0.1, 0.15) is 11.5 Å². The first-order valence-corrected chi connectivity index (χ1v) is 11.0. The molecule has 3 aromatic carbocycles. The summed E-state index contributed by atoms with van der Waals surface area (Å²) in [6.07, 6.45) is 0. The van der Waals surface area contributed by atoms with Crippen molar-refractivity contribution in [2.24, 2.45) is 0 Å². The fraction of sp³-hybridized carbons (Fsp3) is 0.222. The number of piperazine rings is 1. The molecular formula is C27H27ClFN3O. The van der Waals surface area contributed by atoms with E-state index in [1.165, 1.54) is 23.3 Å². The lowest BCUT2D eigenvalue weighted by molar-refractivity contribution is 0.0980. The molecule has 1 aliphatic heterocycles. The molecule has 6 heteroatoms. The van der Waals surface area contributed by atoms with Crippen LogP contribution in [0.3, 0.4) is 0 Å². The Morgan fingerprint density at radius 1 is 0.788 bits per heavy atom. The van der Waals surface area contributed by atoms with Crippen LogP contribution >= 0.6 is 12.4 Å². The van der Waals surface area contributed by atoms with Crippen molar-refractivity contribution >= 4 is 12.4 Å². The molecule has 0 radical (unpaired) electrons. The number of hydrogen-bond acceptors (Lipinski definition) is 4. The first kappa shape index (κ1) is 23.2. The second-order valence-corrected chi connectivity index (χ2v) is 8.22. The molecule has 0 saturated carbocycles. The number of benzene rings is 3. The van der Waals surface area contributed by atoms with E-state index < -0.39 is 0 Å². The predicted octanol–water partition coefficient (Wildman–Crippen LogP) is 5.81. The maximum Gasteiger partial charge on any atom is 0.151 e. The van der Waals surface area contributed by atoms with Crippen LogP contribution in [0.25, 0.3) is 11.3 Å². The Kier molecular flexibility index (Phi) is 7.55. The molecular weight excluding hydrogens is 437 g/mol. The summed E-state index contributed by atoms with van der Waals surface area (Å²) in [5, 5.41) is 4.17. The van der Waals surface area contributed by atoms with Crippen molar-refractivity contribution in [3.8, 4) is 11.3 Å². The van der Waals surface area contributed by atoms with Gasteiger partial charge in [-0.2, -0.15) is 0 Å². The highest BCUT2D eigenvalue weighted by molar-refractivity contribution is 5.85. The molecule has 2 heterocycles. The SMILES string of the molecule is Cl.Fc1ccc(-c2cc(CN3CCN(C(c4ccccc4)c4ccccc4)CC3)on2)cc1. The number of rotatable bonds is 6. The Morgan fingerprint density at radius 3 is 1.94 bits per heavy atom. The van der Waals surface area contributed by atoms with Crippen LogP contribution in [0.2, 0.25) is 0 Å². The van der Waals surface area contributed by atoms with Gasteiger partial charge in [-0.1, -0.05) is 65.8 Å². The minimum atomic E-state index is -0.250. The highest BCUT2D eigenvalue weighted by atomic mass is 35.5. The molecule has 170 valence electrons. The number of halogens is 2. The van der Waals surface area contributed by atoms with Crippen LogP contribution in [0.15, 0.2) is 95.5 Å². The van der Waals surface area contributed by atoms with Gasteiger partial charge in [0.2, 0.25) is 0 Å². The fourth-order valence-corrected chi connectivity index (χ4v) is 4.43. The normalized spacial score (nSPS) is 14.8. The van der Waals surface area contributed by atoms with Crippen LogP contribution in [-0.4, -0.2) is 41.1 Å². The minimum Gasteiger partial charge on any atom is -0.359 e. The predicted molar refractivity (Wildman–Crippen MR) is 131 cm³/mol. The van der Waals surface area contributed by atoms with Gasteiger partial charge in [0.25, 0.3) is 0 Å². The van der Waals surface area contributed by atoms with Gasteiger partial charge < -0.3 is 4.52 Å². The van der Waals surface area contributed by atoms with E-state index in [4.69, 9.17) is 4.52 Å². The largest absolute Gasteiger partial charge is 0.359 e. The zero-order valence-electron chi connectivity index (χ0n) is 18.3. The molecule has 0 unspecified atom stereocenters. The van der Waals surface area contributed by atoms with E-state index in [1.807, 2.05) is 6.07 Å². The summed E-state index contributed by atoms with van der Waals surface area (Å²) >= 11 is 0. The van der Waals surface area contributed by atoms with Crippen molar-refractivity contribution in [1.82, 2.24) is 15.0 Å². The van der Waals surface area contributed by atoms with Crippen molar-refractivity contribution in [2.45, 2.75) is 12.6 Å². The average Bonchev–Trinajstić information content (AvgIpc) is 3.31. The van der Waals surface area contributed by atoms with E-state index in [2.05, 4.69) is 75.6 Å². The maximum absolute atomic E-state index is 13.2. The van der Waals surface area contributed by atoms with Crippen LogP contribution in [0.4, 0.5) is 4.39 Å². The maximum atomic E-state index is 13.2. The monoisotopic (exact) mass is 463 g/mol. The van der Waals surface area contributed by atoms with Crippen LogP contribution in [0.5, 0.6) is 0 Å². The van der Waals surface area contributed by atoms with Gasteiger partial charge in [-0.05, 0) is 35.4 Å².